The van der Waals surface area contributed by atoms with Crippen molar-refractivity contribution in [3.05, 3.63) is 35.1 Å². The zero-order valence-electron chi connectivity index (χ0n) is 10.2. The number of carboxylic acid groups (broad SMARTS) is 1. The first-order valence-corrected chi connectivity index (χ1v) is 5.52. The van der Waals surface area contributed by atoms with E-state index in [4.69, 9.17) is 14.9 Å². The molecule has 0 spiro atoms. The Kier molecular flexibility index (Phi) is 5.40. The first-order valence-electron chi connectivity index (χ1n) is 5.52. The van der Waals surface area contributed by atoms with Crippen molar-refractivity contribution in [1.29, 1.82) is 0 Å². The molecule has 0 saturated heterocycles. The van der Waals surface area contributed by atoms with E-state index in [0.29, 0.717) is 0 Å². The van der Waals surface area contributed by atoms with Crippen LogP contribution in [-0.4, -0.2) is 41.5 Å². The number of amides is 1. The van der Waals surface area contributed by atoms with E-state index in [1.54, 1.807) is 0 Å². The van der Waals surface area contributed by atoms with E-state index < -0.39 is 35.0 Å². The molecule has 1 atom stereocenters. The lowest BCUT2D eigenvalue weighted by atomic mass is 10.1. The lowest BCUT2D eigenvalue weighted by Gasteiger charge is -2.15. The fourth-order valence-corrected chi connectivity index (χ4v) is 1.46. The number of benzene rings is 1. The van der Waals surface area contributed by atoms with Crippen molar-refractivity contribution in [2.24, 2.45) is 0 Å². The molecule has 1 amide bonds. The molecule has 104 valence electrons. The summed E-state index contributed by atoms with van der Waals surface area (Å²) in [6, 6.07) is 3.35. The Hall–Kier alpha value is -1.99. The lowest BCUT2D eigenvalue weighted by molar-refractivity contribution is 0.0197. The molecule has 0 aliphatic carbocycles. The van der Waals surface area contributed by atoms with E-state index in [1.807, 2.05) is 0 Å². The van der Waals surface area contributed by atoms with Gasteiger partial charge in [-0.1, -0.05) is 6.07 Å². The van der Waals surface area contributed by atoms with Crippen LogP contribution in [-0.2, 0) is 4.74 Å². The smallest absolute Gasteiger partial charge is 0.336 e. The van der Waals surface area contributed by atoms with Gasteiger partial charge in [-0.2, -0.15) is 0 Å². The van der Waals surface area contributed by atoms with Gasteiger partial charge in [0.1, 0.15) is 12.0 Å². The van der Waals surface area contributed by atoms with Gasteiger partial charge < -0.3 is 20.3 Å². The van der Waals surface area contributed by atoms with Crippen molar-refractivity contribution < 1.29 is 28.9 Å². The Labute approximate surface area is 108 Å². The van der Waals surface area contributed by atoms with E-state index >= 15 is 0 Å². The largest absolute Gasteiger partial charge is 0.478 e. The van der Waals surface area contributed by atoms with Crippen molar-refractivity contribution in [3.63, 3.8) is 0 Å². The maximum absolute atomic E-state index is 13.6. The summed E-state index contributed by atoms with van der Waals surface area (Å²) in [5.41, 5.74) is -0.971. The highest BCUT2D eigenvalue weighted by atomic mass is 19.1. The minimum absolute atomic E-state index is 0.00447. The van der Waals surface area contributed by atoms with Gasteiger partial charge in [0, 0.05) is 0 Å². The number of hydrogen-bond acceptors (Lipinski definition) is 4. The predicted octanol–water partition coefficient (Wildman–Crippen LogP) is 0.609. The maximum Gasteiger partial charge on any atom is 0.336 e. The first kappa shape index (κ1) is 15.1. The van der Waals surface area contributed by atoms with Gasteiger partial charge >= 0.3 is 5.97 Å². The van der Waals surface area contributed by atoms with Gasteiger partial charge in [-0.15, -0.1) is 0 Å². The first-order chi connectivity index (χ1) is 8.97. The van der Waals surface area contributed by atoms with Crippen LogP contribution in [0.5, 0.6) is 0 Å². The summed E-state index contributed by atoms with van der Waals surface area (Å²) in [4.78, 5) is 22.7. The summed E-state index contributed by atoms with van der Waals surface area (Å²) in [6.45, 7) is 1.26. The van der Waals surface area contributed by atoms with Gasteiger partial charge in [0.25, 0.3) is 5.91 Å². The molecule has 0 aromatic heterocycles. The van der Waals surface area contributed by atoms with Crippen molar-refractivity contribution in [3.8, 4) is 0 Å². The maximum atomic E-state index is 13.6. The highest BCUT2D eigenvalue weighted by Gasteiger charge is 2.21. The van der Waals surface area contributed by atoms with Gasteiger partial charge in [-0.3, -0.25) is 4.79 Å². The Morgan fingerprint density at radius 1 is 1.47 bits per heavy atom. The summed E-state index contributed by atoms with van der Waals surface area (Å²) in [6.07, 6.45) is -0.777. The average Bonchev–Trinajstić information content (AvgIpc) is 2.35. The highest BCUT2D eigenvalue weighted by Crippen LogP contribution is 2.14. The van der Waals surface area contributed by atoms with Gasteiger partial charge in [0.05, 0.1) is 24.3 Å². The second kappa shape index (κ2) is 6.81. The number of halogens is 1. The van der Waals surface area contributed by atoms with E-state index in [-0.39, 0.29) is 13.2 Å². The van der Waals surface area contributed by atoms with E-state index in [2.05, 4.69) is 5.32 Å². The molecular formula is C12H14FNO5. The van der Waals surface area contributed by atoms with Crippen LogP contribution in [0.2, 0.25) is 0 Å². The average molecular weight is 271 g/mol. The fourth-order valence-electron chi connectivity index (χ4n) is 1.46. The lowest BCUT2D eigenvalue weighted by Crippen LogP contribution is -2.36. The number of ether oxygens (including phenoxy) is 1. The molecule has 1 aromatic rings. The number of aliphatic hydroxyl groups is 1. The molecular weight excluding hydrogens is 257 g/mol. The monoisotopic (exact) mass is 271 g/mol. The molecule has 0 aliphatic heterocycles. The van der Waals surface area contributed by atoms with Crippen molar-refractivity contribution in [2.75, 3.05) is 13.2 Å². The van der Waals surface area contributed by atoms with Crippen LogP contribution in [0, 0.1) is 5.82 Å². The van der Waals surface area contributed by atoms with E-state index in [0.717, 1.165) is 12.1 Å². The molecule has 19 heavy (non-hydrogen) atoms. The molecule has 0 fully saturated rings. The Balaban J connectivity index is 2.90. The van der Waals surface area contributed by atoms with Crippen molar-refractivity contribution >= 4 is 11.9 Å². The third-order valence-corrected chi connectivity index (χ3v) is 2.26. The van der Waals surface area contributed by atoms with Crippen molar-refractivity contribution in [2.45, 2.75) is 13.2 Å². The Morgan fingerprint density at radius 3 is 2.74 bits per heavy atom. The molecule has 3 N–H and O–H groups in total. The number of aromatic carboxylic acids is 1. The molecule has 1 unspecified atom stereocenters. The van der Waals surface area contributed by atoms with Gasteiger partial charge in [0.2, 0.25) is 0 Å². The number of carboxylic acids is 1. The van der Waals surface area contributed by atoms with Crippen LogP contribution in [0.15, 0.2) is 18.2 Å². The number of hydrogen-bond donors (Lipinski definition) is 3. The second-order valence-electron chi connectivity index (χ2n) is 3.68. The molecule has 0 radical (unpaired) electrons. The third kappa shape index (κ3) is 4.01. The normalized spacial score (nSPS) is 11.9. The van der Waals surface area contributed by atoms with E-state index in [1.165, 1.54) is 13.0 Å². The SMILES string of the molecule is CC(NC(=O)c1c(F)cccc1C(=O)O)OCCO. The third-order valence-electron chi connectivity index (χ3n) is 2.26. The topological polar surface area (TPSA) is 95.9 Å². The van der Waals surface area contributed by atoms with Crippen LogP contribution in [0.1, 0.15) is 27.6 Å². The molecule has 0 bridgehead atoms. The summed E-state index contributed by atoms with van der Waals surface area (Å²) in [5, 5.41) is 19.7. The van der Waals surface area contributed by atoms with Crippen LogP contribution < -0.4 is 5.32 Å². The summed E-state index contributed by atoms with van der Waals surface area (Å²) >= 11 is 0. The van der Waals surface area contributed by atoms with E-state index in [9.17, 15) is 14.0 Å². The Morgan fingerprint density at radius 2 is 2.16 bits per heavy atom. The molecule has 6 nitrogen and oxygen atoms in total. The second-order valence-corrected chi connectivity index (χ2v) is 3.68. The number of nitrogens with one attached hydrogen (secondary N) is 1. The fraction of sp³-hybridized carbons (Fsp3) is 0.333. The number of rotatable bonds is 6. The standard InChI is InChI=1S/C12H14FNO5/c1-7(19-6-5-15)14-11(16)10-8(12(17)18)3-2-4-9(10)13/h2-4,7,15H,5-6H2,1H3,(H,14,16)(H,17,18). The van der Waals surface area contributed by atoms with Gasteiger partial charge in [-0.25, -0.2) is 9.18 Å². The minimum Gasteiger partial charge on any atom is -0.478 e. The number of carbonyl (C=O) groups excluding carboxylic acids is 1. The molecule has 0 aliphatic rings. The van der Waals surface area contributed by atoms with Crippen LogP contribution >= 0.6 is 0 Å². The zero-order valence-corrected chi connectivity index (χ0v) is 10.2. The summed E-state index contributed by atoms with van der Waals surface area (Å²) < 4.78 is 18.5. The van der Waals surface area contributed by atoms with Crippen LogP contribution in [0.25, 0.3) is 0 Å². The van der Waals surface area contributed by atoms with Crippen LogP contribution in [0.3, 0.4) is 0 Å². The van der Waals surface area contributed by atoms with Gasteiger partial charge in [0.15, 0.2) is 0 Å². The number of carbonyl (C=O) groups is 2. The number of aliphatic hydroxyl groups excluding tert-OH is 1. The predicted molar refractivity (Wildman–Crippen MR) is 63.3 cm³/mol. The van der Waals surface area contributed by atoms with Gasteiger partial charge in [-0.05, 0) is 19.1 Å². The van der Waals surface area contributed by atoms with Crippen molar-refractivity contribution in [1.82, 2.24) is 5.32 Å². The molecule has 0 saturated carbocycles. The highest BCUT2D eigenvalue weighted by molar-refractivity contribution is 6.05. The molecule has 1 aromatic carbocycles. The summed E-state index contributed by atoms with van der Waals surface area (Å²) in [5.74, 6) is -3.21. The summed E-state index contributed by atoms with van der Waals surface area (Å²) in [7, 11) is 0. The quantitative estimate of drug-likeness (QED) is 0.659. The minimum atomic E-state index is -1.39. The van der Waals surface area contributed by atoms with Crippen LogP contribution in [0.4, 0.5) is 4.39 Å². The molecule has 0 heterocycles. The molecule has 7 heteroatoms. The molecule has 1 rings (SSSR count). The Bertz CT molecular complexity index is 477. The zero-order chi connectivity index (χ0) is 14.4.